The van der Waals surface area contributed by atoms with Crippen LogP contribution in [0.1, 0.15) is 61.2 Å². The molecule has 3 N–H and O–H groups in total. The van der Waals surface area contributed by atoms with Gasteiger partial charge in [-0.1, -0.05) is 30.3 Å². The molecule has 2 aliphatic carbocycles. The summed E-state index contributed by atoms with van der Waals surface area (Å²) in [7, 11) is 0. The van der Waals surface area contributed by atoms with Crippen LogP contribution >= 0.6 is 11.3 Å². The number of nitrogens with one attached hydrogen (secondary N) is 3. The van der Waals surface area contributed by atoms with Crippen molar-refractivity contribution in [3.05, 3.63) is 41.5 Å². The molecule has 4 amide bonds. The number of rotatable bonds is 9. The number of carbonyl (C=O) groups is 5. The Balaban J connectivity index is 1.21. The summed E-state index contributed by atoms with van der Waals surface area (Å²) in [6.45, 7) is 0.918. The third-order valence-electron chi connectivity index (χ3n) is 8.61. The van der Waals surface area contributed by atoms with Crippen LogP contribution in [0.25, 0.3) is 10.4 Å². The lowest BCUT2D eigenvalue weighted by atomic mass is 9.87. The third-order valence-corrected chi connectivity index (χ3v) is 9.64. The van der Waals surface area contributed by atoms with Gasteiger partial charge in [-0.25, -0.2) is 4.98 Å². The van der Waals surface area contributed by atoms with Crippen molar-refractivity contribution in [1.82, 2.24) is 25.8 Å². The molecule has 0 radical (unpaired) electrons. The second-order valence-corrected chi connectivity index (χ2v) is 12.6. The molecule has 10 nitrogen and oxygen atoms in total. The number of thiazole rings is 1. The number of aromatic nitrogens is 1. The predicted molar refractivity (Wildman–Crippen MR) is 147 cm³/mol. The SMILES string of the molecule is O=C(NC1CC1)C(=O)[C@H](C[C@@H]1CCNC1=O)NC(=O)[C@@H]1CC2(CCN1C(=O)c1ncc(-c3ccccc3)s1)CC2. The summed E-state index contributed by atoms with van der Waals surface area (Å²) in [5.41, 5.74) is 0.996. The molecule has 0 bridgehead atoms. The molecule has 4 aliphatic rings. The molecule has 0 unspecified atom stereocenters. The number of piperidine rings is 1. The largest absolute Gasteiger partial charge is 0.356 e. The van der Waals surface area contributed by atoms with Crippen molar-refractivity contribution in [1.29, 1.82) is 0 Å². The fraction of sp³-hybridized carbons (Fsp3) is 0.517. The van der Waals surface area contributed by atoms with Crippen molar-refractivity contribution in [3.63, 3.8) is 0 Å². The van der Waals surface area contributed by atoms with Gasteiger partial charge in [0.05, 0.1) is 10.9 Å². The average Bonchev–Trinajstić information content (AvgIpc) is 3.84. The molecule has 40 heavy (non-hydrogen) atoms. The van der Waals surface area contributed by atoms with Gasteiger partial charge in [-0.3, -0.25) is 24.0 Å². The van der Waals surface area contributed by atoms with Crippen LogP contribution in [0.3, 0.4) is 0 Å². The fourth-order valence-corrected chi connectivity index (χ4v) is 6.65. The van der Waals surface area contributed by atoms with Crippen molar-refractivity contribution < 1.29 is 24.0 Å². The van der Waals surface area contributed by atoms with Gasteiger partial charge in [-0.2, -0.15) is 0 Å². The van der Waals surface area contributed by atoms with Gasteiger partial charge in [-0.05, 0) is 62.3 Å². The summed E-state index contributed by atoms with van der Waals surface area (Å²) in [4.78, 5) is 72.4. The lowest BCUT2D eigenvalue weighted by Crippen LogP contribution is -2.58. The molecular formula is C29H33N5O5S. The number of hydrogen-bond donors (Lipinski definition) is 3. The van der Waals surface area contributed by atoms with Gasteiger partial charge >= 0.3 is 0 Å². The molecule has 210 valence electrons. The normalized spacial score (nSPS) is 23.8. The number of Topliss-reactive ketones (excluding diaryl/α,β-unsaturated/α-hetero) is 1. The van der Waals surface area contributed by atoms with E-state index in [1.165, 1.54) is 11.3 Å². The molecule has 11 heteroatoms. The highest BCUT2D eigenvalue weighted by atomic mass is 32.1. The number of likely N-dealkylation sites (tertiary alicyclic amines) is 1. The van der Waals surface area contributed by atoms with Gasteiger partial charge in [0.15, 0.2) is 5.01 Å². The standard InChI is InChI=1S/C29H33N5O5S/c35-23(26(38)32-19-6-7-19)20(14-18-8-12-30-24(18)36)33-25(37)21-15-29(9-10-29)11-13-34(21)28(39)27-31-16-22(40-27)17-4-2-1-3-5-17/h1-5,16,18-21H,6-15H2,(H,30,36)(H,32,38)(H,33,37)/t18-,20-,21-/m0/s1. The van der Waals surface area contributed by atoms with E-state index in [9.17, 15) is 24.0 Å². The minimum absolute atomic E-state index is 0.0113. The summed E-state index contributed by atoms with van der Waals surface area (Å²) in [6, 6.07) is 7.75. The van der Waals surface area contributed by atoms with Crippen molar-refractivity contribution >= 4 is 40.7 Å². The van der Waals surface area contributed by atoms with Crippen molar-refractivity contribution in [3.8, 4) is 10.4 Å². The topological polar surface area (TPSA) is 138 Å². The van der Waals surface area contributed by atoms with Crippen molar-refractivity contribution in [2.75, 3.05) is 13.1 Å². The first-order valence-electron chi connectivity index (χ1n) is 14.1. The van der Waals surface area contributed by atoms with Gasteiger partial charge in [0, 0.05) is 31.2 Å². The monoisotopic (exact) mass is 563 g/mol. The van der Waals surface area contributed by atoms with E-state index in [0.717, 1.165) is 42.5 Å². The summed E-state index contributed by atoms with van der Waals surface area (Å²) in [5.74, 6) is -2.91. The van der Waals surface area contributed by atoms with E-state index in [2.05, 4.69) is 20.9 Å². The average molecular weight is 564 g/mol. The van der Waals surface area contributed by atoms with Crippen molar-refractivity contribution in [2.45, 2.75) is 69.5 Å². The smallest absolute Gasteiger partial charge is 0.289 e. The lowest BCUT2D eigenvalue weighted by Gasteiger charge is -2.39. The predicted octanol–water partition coefficient (Wildman–Crippen LogP) is 2.05. The molecule has 4 fully saturated rings. The van der Waals surface area contributed by atoms with E-state index in [0.29, 0.717) is 30.9 Å². The summed E-state index contributed by atoms with van der Waals surface area (Å²) in [5, 5.41) is 8.56. The number of benzene rings is 1. The van der Waals surface area contributed by atoms with Crippen LogP contribution in [0.5, 0.6) is 0 Å². The van der Waals surface area contributed by atoms with Crippen LogP contribution in [0, 0.1) is 11.3 Å². The lowest BCUT2D eigenvalue weighted by molar-refractivity contribution is -0.141. The van der Waals surface area contributed by atoms with Crippen LogP contribution < -0.4 is 16.0 Å². The van der Waals surface area contributed by atoms with E-state index >= 15 is 0 Å². The third kappa shape index (κ3) is 5.65. The molecule has 3 atom stereocenters. The number of hydrogen-bond acceptors (Lipinski definition) is 7. The zero-order valence-corrected chi connectivity index (χ0v) is 23.0. The van der Waals surface area contributed by atoms with Crippen molar-refractivity contribution in [2.24, 2.45) is 11.3 Å². The Bertz CT molecular complexity index is 1340. The van der Waals surface area contributed by atoms with Crippen LogP contribution in [-0.4, -0.2) is 70.5 Å². The van der Waals surface area contributed by atoms with E-state index < -0.39 is 35.6 Å². The molecule has 1 spiro atoms. The molecule has 1 aromatic carbocycles. The van der Waals surface area contributed by atoms with Crippen LogP contribution in [-0.2, 0) is 19.2 Å². The molecule has 3 heterocycles. The second kappa shape index (κ2) is 10.8. The Labute approximate surface area is 236 Å². The van der Waals surface area contributed by atoms with Gasteiger partial charge in [0.1, 0.15) is 6.04 Å². The highest BCUT2D eigenvalue weighted by Crippen LogP contribution is 2.55. The van der Waals surface area contributed by atoms with E-state index in [1.54, 1.807) is 11.1 Å². The Kier molecular flexibility index (Phi) is 7.16. The zero-order valence-electron chi connectivity index (χ0n) is 22.2. The second-order valence-electron chi connectivity index (χ2n) is 11.5. The molecule has 2 aliphatic heterocycles. The Hall–Kier alpha value is -3.60. The summed E-state index contributed by atoms with van der Waals surface area (Å²) in [6.07, 6.45) is 7.23. The number of ketones is 1. The molecular weight excluding hydrogens is 530 g/mol. The molecule has 1 aromatic heterocycles. The zero-order chi connectivity index (χ0) is 27.9. The van der Waals surface area contributed by atoms with Gasteiger partial charge in [0.25, 0.3) is 11.8 Å². The molecule has 2 saturated carbocycles. The quantitative estimate of drug-likeness (QED) is 0.400. The number of amides is 4. The number of carbonyl (C=O) groups excluding carboxylic acids is 5. The Morgan fingerprint density at radius 2 is 1.88 bits per heavy atom. The fourth-order valence-electron chi connectivity index (χ4n) is 5.77. The molecule has 2 saturated heterocycles. The number of nitrogens with zero attached hydrogens (tertiary/aromatic N) is 2. The van der Waals surface area contributed by atoms with E-state index in [1.807, 2.05) is 30.3 Å². The maximum Gasteiger partial charge on any atom is 0.289 e. The highest BCUT2D eigenvalue weighted by molar-refractivity contribution is 7.17. The highest BCUT2D eigenvalue weighted by Gasteiger charge is 2.51. The minimum Gasteiger partial charge on any atom is -0.356 e. The Morgan fingerprint density at radius 3 is 2.55 bits per heavy atom. The van der Waals surface area contributed by atoms with Gasteiger partial charge < -0.3 is 20.9 Å². The van der Waals surface area contributed by atoms with Crippen LogP contribution in [0.2, 0.25) is 0 Å². The van der Waals surface area contributed by atoms with Crippen LogP contribution in [0.15, 0.2) is 36.5 Å². The Morgan fingerprint density at radius 1 is 1.10 bits per heavy atom. The molecule has 6 rings (SSSR count). The maximum atomic E-state index is 13.8. The maximum absolute atomic E-state index is 13.8. The summed E-state index contributed by atoms with van der Waals surface area (Å²) >= 11 is 1.29. The molecule has 2 aromatic rings. The first-order valence-corrected chi connectivity index (χ1v) is 14.9. The van der Waals surface area contributed by atoms with E-state index in [4.69, 9.17) is 0 Å². The van der Waals surface area contributed by atoms with Gasteiger partial charge in [-0.15, -0.1) is 11.3 Å². The van der Waals surface area contributed by atoms with Gasteiger partial charge in [0.2, 0.25) is 17.6 Å². The van der Waals surface area contributed by atoms with E-state index in [-0.39, 0.29) is 29.7 Å². The first-order chi connectivity index (χ1) is 19.3. The first kappa shape index (κ1) is 26.6. The van der Waals surface area contributed by atoms with Crippen LogP contribution in [0.4, 0.5) is 0 Å². The summed E-state index contributed by atoms with van der Waals surface area (Å²) < 4.78 is 0. The minimum atomic E-state index is -1.14.